The number of rotatable bonds is 7. The van der Waals surface area contributed by atoms with E-state index in [0.717, 1.165) is 4.88 Å². The summed E-state index contributed by atoms with van der Waals surface area (Å²) in [6.07, 6.45) is 0. The van der Waals surface area contributed by atoms with Crippen molar-refractivity contribution in [1.29, 1.82) is 0 Å². The predicted molar refractivity (Wildman–Crippen MR) is 114 cm³/mol. The highest BCUT2D eigenvalue weighted by Crippen LogP contribution is 2.27. The van der Waals surface area contributed by atoms with Crippen LogP contribution in [-0.4, -0.2) is 36.7 Å². The Bertz CT molecular complexity index is 1110. The number of aryl methyl sites for hydroxylation is 2. The van der Waals surface area contributed by atoms with E-state index in [1.54, 1.807) is 39.8 Å². The van der Waals surface area contributed by atoms with E-state index in [1.807, 2.05) is 17.5 Å². The molecule has 0 radical (unpaired) electrons. The number of nitrogens with one attached hydrogen (secondary N) is 1. The first-order valence-electron chi connectivity index (χ1n) is 9.21. The standard InChI is InChI=1S/C20H23N3O4S2/c1-5-23(6-2)29(25,26)17-12-15(10-9-13(17)3)21-19(24)18-14(4)27-20(22-18)16-8-7-11-28-16/h7-12H,5-6H2,1-4H3,(H,21,24). The van der Waals surface area contributed by atoms with E-state index in [-0.39, 0.29) is 10.6 Å². The van der Waals surface area contributed by atoms with Gasteiger partial charge in [-0.2, -0.15) is 4.31 Å². The lowest BCUT2D eigenvalue weighted by Crippen LogP contribution is -2.31. The number of thiophene rings is 1. The quantitative estimate of drug-likeness (QED) is 0.600. The van der Waals surface area contributed by atoms with E-state index >= 15 is 0 Å². The van der Waals surface area contributed by atoms with Gasteiger partial charge in [-0.1, -0.05) is 26.0 Å². The summed E-state index contributed by atoms with van der Waals surface area (Å²) in [4.78, 5) is 18.0. The van der Waals surface area contributed by atoms with Gasteiger partial charge >= 0.3 is 0 Å². The second-order valence-corrected chi connectivity index (χ2v) is 9.28. The Morgan fingerprint density at radius 2 is 1.93 bits per heavy atom. The van der Waals surface area contributed by atoms with Crippen molar-refractivity contribution < 1.29 is 17.6 Å². The van der Waals surface area contributed by atoms with Crippen LogP contribution in [0.2, 0.25) is 0 Å². The SMILES string of the molecule is CCN(CC)S(=O)(=O)c1cc(NC(=O)c2nc(-c3cccs3)oc2C)ccc1C. The second kappa shape index (κ2) is 8.48. The van der Waals surface area contributed by atoms with Gasteiger partial charge in [0.05, 0.1) is 9.77 Å². The molecule has 0 saturated heterocycles. The molecule has 0 atom stereocenters. The molecule has 0 aliphatic carbocycles. The fraction of sp³-hybridized carbons (Fsp3) is 0.300. The van der Waals surface area contributed by atoms with Gasteiger partial charge in [0.1, 0.15) is 5.76 Å². The molecule has 1 N–H and O–H groups in total. The number of carbonyl (C=O) groups excluding carboxylic acids is 1. The molecule has 1 aromatic carbocycles. The lowest BCUT2D eigenvalue weighted by molar-refractivity contribution is 0.102. The lowest BCUT2D eigenvalue weighted by Gasteiger charge is -2.20. The molecule has 2 heterocycles. The lowest BCUT2D eigenvalue weighted by atomic mass is 10.2. The fourth-order valence-electron chi connectivity index (χ4n) is 2.96. The first kappa shape index (κ1) is 21.2. The van der Waals surface area contributed by atoms with Crippen LogP contribution in [0.4, 0.5) is 5.69 Å². The molecular formula is C20H23N3O4S2. The van der Waals surface area contributed by atoms with Crippen LogP contribution < -0.4 is 5.32 Å². The van der Waals surface area contributed by atoms with Crippen LogP contribution in [0, 0.1) is 13.8 Å². The molecule has 2 aromatic heterocycles. The van der Waals surface area contributed by atoms with Crippen molar-refractivity contribution in [3.8, 4) is 10.8 Å². The van der Waals surface area contributed by atoms with Gasteiger partial charge in [-0.25, -0.2) is 13.4 Å². The smallest absolute Gasteiger partial charge is 0.277 e. The molecule has 0 bridgehead atoms. The van der Waals surface area contributed by atoms with Crippen molar-refractivity contribution >= 4 is 33.0 Å². The van der Waals surface area contributed by atoms with Crippen LogP contribution in [0.15, 0.2) is 45.0 Å². The zero-order valence-electron chi connectivity index (χ0n) is 16.7. The van der Waals surface area contributed by atoms with Gasteiger partial charge in [-0.15, -0.1) is 11.3 Å². The summed E-state index contributed by atoms with van der Waals surface area (Å²) in [6, 6.07) is 8.57. The maximum atomic E-state index is 12.9. The molecule has 7 nitrogen and oxygen atoms in total. The number of hydrogen-bond donors (Lipinski definition) is 1. The van der Waals surface area contributed by atoms with E-state index in [1.165, 1.54) is 21.7 Å². The highest BCUT2D eigenvalue weighted by Gasteiger charge is 2.25. The summed E-state index contributed by atoms with van der Waals surface area (Å²) >= 11 is 1.47. The van der Waals surface area contributed by atoms with E-state index in [9.17, 15) is 13.2 Å². The van der Waals surface area contributed by atoms with Crippen LogP contribution in [0.3, 0.4) is 0 Å². The van der Waals surface area contributed by atoms with E-state index in [0.29, 0.717) is 36.0 Å². The van der Waals surface area contributed by atoms with Gasteiger partial charge in [-0.05, 0) is 43.0 Å². The zero-order valence-corrected chi connectivity index (χ0v) is 18.4. The Kier molecular flexibility index (Phi) is 6.21. The zero-order chi connectivity index (χ0) is 21.2. The third-order valence-corrected chi connectivity index (χ3v) is 7.56. The number of aromatic nitrogens is 1. The van der Waals surface area contributed by atoms with Crippen LogP contribution in [-0.2, 0) is 10.0 Å². The maximum Gasteiger partial charge on any atom is 0.277 e. The average Bonchev–Trinajstić information content (AvgIpc) is 3.33. The molecule has 0 spiro atoms. The number of anilines is 1. The Labute approximate surface area is 174 Å². The molecule has 0 aliphatic heterocycles. The van der Waals surface area contributed by atoms with Crippen LogP contribution in [0.5, 0.6) is 0 Å². The van der Waals surface area contributed by atoms with E-state index in [2.05, 4.69) is 10.3 Å². The van der Waals surface area contributed by atoms with Gasteiger partial charge in [-0.3, -0.25) is 4.79 Å². The summed E-state index contributed by atoms with van der Waals surface area (Å²) in [5.74, 6) is 0.328. The highest BCUT2D eigenvalue weighted by atomic mass is 32.2. The van der Waals surface area contributed by atoms with Gasteiger partial charge in [0, 0.05) is 18.8 Å². The molecule has 0 unspecified atom stereocenters. The number of hydrogen-bond acceptors (Lipinski definition) is 6. The third-order valence-electron chi connectivity index (χ3n) is 4.51. The molecule has 1 amide bonds. The number of benzene rings is 1. The molecule has 0 saturated carbocycles. The molecule has 154 valence electrons. The van der Waals surface area contributed by atoms with E-state index in [4.69, 9.17) is 4.42 Å². The Morgan fingerprint density at radius 3 is 2.55 bits per heavy atom. The summed E-state index contributed by atoms with van der Waals surface area (Å²) in [7, 11) is -3.64. The highest BCUT2D eigenvalue weighted by molar-refractivity contribution is 7.89. The topological polar surface area (TPSA) is 92.5 Å². The average molecular weight is 434 g/mol. The molecule has 29 heavy (non-hydrogen) atoms. The predicted octanol–water partition coefficient (Wildman–Crippen LogP) is 4.30. The Morgan fingerprint density at radius 1 is 1.21 bits per heavy atom. The van der Waals surface area contributed by atoms with Gasteiger partial charge in [0.15, 0.2) is 5.69 Å². The van der Waals surface area contributed by atoms with Gasteiger partial charge in [0.25, 0.3) is 5.91 Å². The van der Waals surface area contributed by atoms with Crippen LogP contribution in [0.1, 0.15) is 35.7 Å². The van der Waals surface area contributed by atoms with Gasteiger partial charge in [0.2, 0.25) is 15.9 Å². The summed E-state index contributed by atoms with van der Waals surface area (Å²) in [5, 5.41) is 4.63. The first-order valence-corrected chi connectivity index (χ1v) is 11.5. The number of nitrogens with zero attached hydrogens (tertiary/aromatic N) is 2. The monoisotopic (exact) mass is 433 g/mol. The third kappa shape index (κ3) is 4.26. The Balaban J connectivity index is 1.89. The number of carbonyl (C=O) groups is 1. The molecule has 0 aliphatic rings. The van der Waals surface area contributed by atoms with Crippen LogP contribution >= 0.6 is 11.3 Å². The fourth-order valence-corrected chi connectivity index (χ4v) is 5.32. The van der Waals surface area contributed by atoms with E-state index < -0.39 is 15.9 Å². The summed E-state index contributed by atoms with van der Waals surface area (Å²) in [6.45, 7) is 7.74. The molecule has 3 aromatic rings. The largest absolute Gasteiger partial charge is 0.440 e. The minimum absolute atomic E-state index is 0.169. The van der Waals surface area contributed by atoms with Gasteiger partial charge < -0.3 is 9.73 Å². The number of sulfonamides is 1. The summed E-state index contributed by atoms with van der Waals surface area (Å²) in [5.41, 5.74) is 1.17. The number of oxazole rings is 1. The van der Waals surface area contributed by atoms with Crippen molar-refractivity contribution in [1.82, 2.24) is 9.29 Å². The number of amides is 1. The first-order chi connectivity index (χ1) is 13.8. The normalized spacial score (nSPS) is 11.8. The van der Waals surface area contributed by atoms with Crippen molar-refractivity contribution in [2.75, 3.05) is 18.4 Å². The van der Waals surface area contributed by atoms with Crippen molar-refractivity contribution in [3.63, 3.8) is 0 Å². The minimum Gasteiger partial charge on any atom is -0.440 e. The van der Waals surface area contributed by atoms with Crippen molar-refractivity contribution in [3.05, 3.63) is 52.7 Å². The maximum absolute atomic E-state index is 12.9. The summed E-state index contributed by atoms with van der Waals surface area (Å²) < 4.78 is 32.8. The molecule has 9 heteroatoms. The molecule has 3 rings (SSSR count). The van der Waals surface area contributed by atoms with Crippen LogP contribution in [0.25, 0.3) is 10.8 Å². The molecule has 0 fully saturated rings. The van der Waals surface area contributed by atoms with Crippen molar-refractivity contribution in [2.24, 2.45) is 0 Å². The Hall–Kier alpha value is -2.49. The second-order valence-electron chi connectivity index (χ2n) is 6.42. The molecular weight excluding hydrogens is 410 g/mol. The van der Waals surface area contributed by atoms with Crippen molar-refractivity contribution in [2.45, 2.75) is 32.6 Å². The minimum atomic E-state index is -3.64.